The number of nitrogens with zero attached hydrogens (tertiary/aromatic N) is 4. The van der Waals surface area contributed by atoms with E-state index in [0.29, 0.717) is 0 Å². The first-order valence-corrected chi connectivity index (χ1v) is 10.1. The van der Waals surface area contributed by atoms with E-state index in [1.54, 1.807) is 11.3 Å². The van der Waals surface area contributed by atoms with Crippen molar-refractivity contribution in [3.05, 3.63) is 68.7 Å². The Morgan fingerprint density at radius 3 is 2.76 bits per heavy atom. The van der Waals surface area contributed by atoms with Crippen molar-refractivity contribution in [3.63, 3.8) is 0 Å². The lowest BCUT2D eigenvalue weighted by atomic mass is 10.1. The van der Waals surface area contributed by atoms with E-state index in [-0.39, 0.29) is 29.5 Å². The molecule has 0 unspecified atom stereocenters. The summed E-state index contributed by atoms with van der Waals surface area (Å²) >= 11 is 1.62. The molecule has 1 saturated heterocycles. The number of hydrogen-bond acceptors (Lipinski definition) is 7. The van der Waals surface area contributed by atoms with Gasteiger partial charge >= 0.3 is 0 Å². The zero-order valence-electron chi connectivity index (χ0n) is 15.3. The van der Waals surface area contributed by atoms with Crippen LogP contribution in [0.4, 0.5) is 5.69 Å². The van der Waals surface area contributed by atoms with Gasteiger partial charge in [0, 0.05) is 12.6 Å². The van der Waals surface area contributed by atoms with Crippen LogP contribution in [0.3, 0.4) is 0 Å². The number of fused-ring (bicyclic) bond motifs is 2. The Morgan fingerprint density at radius 2 is 1.97 bits per heavy atom. The number of rotatable bonds is 4. The lowest BCUT2D eigenvalue weighted by molar-refractivity contribution is -0.385. The van der Waals surface area contributed by atoms with Gasteiger partial charge in [-0.3, -0.25) is 29.5 Å². The van der Waals surface area contributed by atoms with Gasteiger partial charge in [-0.15, -0.1) is 11.3 Å². The number of nitro benzene ring substituents is 1. The van der Waals surface area contributed by atoms with E-state index in [9.17, 15) is 19.7 Å². The lowest BCUT2D eigenvalue weighted by Gasteiger charge is -2.27. The smallest absolute Gasteiger partial charge is 0.276 e. The fraction of sp³-hybridized carbons (Fsp3) is 0.250. The molecule has 3 aromatic rings. The number of carbonyl (C=O) groups excluding carboxylic acids is 2. The Morgan fingerprint density at radius 1 is 1.14 bits per heavy atom. The van der Waals surface area contributed by atoms with Crippen LogP contribution in [0.1, 0.15) is 44.6 Å². The molecule has 2 aromatic carbocycles. The van der Waals surface area contributed by atoms with E-state index in [0.717, 1.165) is 39.5 Å². The van der Waals surface area contributed by atoms with Gasteiger partial charge in [0.15, 0.2) is 0 Å². The standard InChI is InChI=1S/C20H16N4O4S/c25-19-12-5-3-7-14(24(27)28)17(12)20(26)23(19)11-22-10-4-8-15(22)18-21-13-6-1-2-9-16(13)29-18/h1-3,5-7,9,15H,4,8,10-11H2/t15-/m0/s1. The number of nitro groups is 1. The molecule has 29 heavy (non-hydrogen) atoms. The molecular weight excluding hydrogens is 392 g/mol. The maximum atomic E-state index is 12.9. The van der Waals surface area contributed by atoms with Crippen LogP contribution in [0, 0.1) is 10.1 Å². The van der Waals surface area contributed by atoms with Crippen LogP contribution in [0.25, 0.3) is 10.2 Å². The van der Waals surface area contributed by atoms with Crippen molar-refractivity contribution < 1.29 is 14.5 Å². The van der Waals surface area contributed by atoms with Gasteiger partial charge < -0.3 is 0 Å². The molecule has 2 aliphatic heterocycles. The van der Waals surface area contributed by atoms with Gasteiger partial charge in [-0.2, -0.15) is 0 Å². The molecule has 2 aliphatic rings. The maximum absolute atomic E-state index is 12.9. The molecule has 0 bridgehead atoms. The Balaban J connectivity index is 1.44. The van der Waals surface area contributed by atoms with E-state index in [1.165, 1.54) is 18.2 Å². The van der Waals surface area contributed by atoms with E-state index in [4.69, 9.17) is 4.98 Å². The molecule has 1 aromatic heterocycles. The summed E-state index contributed by atoms with van der Waals surface area (Å²) in [6.07, 6.45) is 1.83. The van der Waals surface area contributed by atoms with Crippen molar-refractivity contribution >= 4 is 39.1 Å². The average Bonchev–Trinajstić information content (AvgIpc) is 3.41. The average molecular weight is 408 g/mol. The quantitative estimate of drug-likeness (QED) is 0.372. The zero-order valence-corrected chi connectivity index (χ0v) is 16.1. The summed E-state index contributed by atoms with van der Waals surface area (Å²) in [7, 11) is 0. The van der Waals surface area contributed by atoms with Crippen molar-refractivity contribution in [1.29, 1.82) is 0 Å². The van der Waals surface area contributed by atoms with Crippen LogP contribution in [0.5, 0.6) is 0 Å². The topological polar surface area (TPSA) is 96.6 Å². The fourth-order valence-electron chi connectivity index (χ4n) is 4.09. The summed E-state index contributed by atoms with van der Waals surface area (Å²) in [6.45, 7) is 0.834. The van der Waals surface area contributed by atoms with E-state index < -0.39 is 16.7 Å². The normalized spacial score (nSPS) is 19.3. The predicted molar refractivity (Wildman–Crippen MR) is 107 cm³/mol. The summed E-state index contributed by atoms with van der Waals surface area (Å²) in [5.74, 6) is -1.09. The minimum absolute atomic E-state index is 0.0201. The number of para-hydroxylation sites is 1. The maximum Gasteiger partial charge on any atom is 0.282 e. The summed E-state index contributed by atoms with van der Waals surface area (Å²) < 4.78 is 1.10. The van der Waals surface area contributed by atoms with Crippen molar-refractivity contribution in [3.8, 4) is 0 Å². The molecule has 1 atom stereocenters. The van der Waals surface area contributed by atoms with Gasteiger partial charge in [0.25, 0.3) is 17.5 Å². The Kier molecular flexibility index (Phi) is 4.14. The monoisotopic (exact) mass is 408 g/mol. The number of benzene rings is 2. The minimum atomic E-state index is -0.618. The molecule has 3 heterocycles. The molecule has 0 saturated carbocycles. The molecule has 8 nitrogen and oxygen atoms in total. The van der Waals surface area contributed by atoms with Crippen molar-refractivity contribution in [2.24, 2.45) is 0 Å². The highest BCUT2D eigenvalue weighted by Crippen LogP contribution is 2.38. The van der Waals surface area contributed by atoms with E-state index in [1.807, 2.05) is 24.3 Å². The zero-order chi connectivity index (χ0) is 20.1. The van der Waals surface area contributed by atoms with Gasteiger partial charge in [0.05, 0.1) is 33.4 Å². The third kappa shape index (κ3) is 2.81. The van der Waals surface area contributed by atoms with E-state index >= 15 is 0 Å². The summed E-state index contributed by atoms with van der Waals surface area (Å²) in [5.41, 5.74) is 0.598. The number of carbonyl (C=O) groups is 2. The van der Waals surface area contributed by atoms with Gasteiger partial charge in [-0.1, -0.05) is 18.2 Å². The molecular formula is C20H16N4O4S. The fourth-order valence-corrected chi connectivity index (χ4v) is 5.22. The van der Waals surface area contributed by atoms with Crippen molar-refractivity contribution in [2.75, 3.05) is 13.2 Å². The first-order chi connectivity index (χ1) is 14.0. The first kappa shape index (κ1) is 17.9. The SMILES string of the molecule is O=C1c2cccc([N+](=O)[O-])c2C(=O)N1CN1CCC[C@H]1c1nc2ccccc2s1. The summed E-state index contributed by atoms with van der Waals surface area (Å²) in [5, 5.41) is 12.3. The predicted octanol–water partition coefficient (Wildman–Crippen LogP) is 3.60. The molecule has 0 N–H and O–H groups in total. The Bertz CT molecular complexity index is 1140. The third-order valence-electron chi connectivity index (χ3n) is 5.46. The molecule has 0 radical (unpaired) electrons. The third-order valence-corrected chi connectivity index (χ3v) is 6.59. The largest absolute Gasteiger partial charge is 0.282 e. The van der Waals surface area contributed by atoms with Gasteiger partial charge in [-0.25, -0.2) is 4.98 Å². The highest BCUT2D eigenvalue weighted by molar-refractivity contribution is 7.18. The molecule has 5 rings (SSSR count). The molecule has 0 spiro atoms. The van der Waals surface area contributed by atoms with E-state index in [2.05, 4.69) is 4.90 Å². The first-order valence-electron chi connectivity index (χ1n) is 9.27. The van der Waals surface area contributed by atoms with Crippen LogP contribution in [-0.2, 0) is 0 Å². The van der Waals surface area contributed by atoms with Crippen LogP contribution in [0.15, 0.2) is 42.5 Å². The summed E-state index contributed by atoms with van der Waals surface area (Å²) in [4.78, 5) is 44.2. The Hall–Kier alpha value is -3.17. The lowest BCUT2D eigenvalue weighted by Crippen LogP contribution is -2.41. The number of aromatic nitrogens is 1. The number of amides is 2. The number of imide groups is 1. The van der Waals surface area contributed by atoms with Crippen LogP contribution >= 0.6 is 11.3 Å². The molecule has 1 fully saturated rings. The highest BCUT2D eigenvalue weighted by atomic mass is 32.1. The number of hydrogen-bond donors (Lipinski definition) is 0. The number of likely N-dealkylation sites (tertiary alicyclic amines) is 1. The highest BCUT2D eigenvalue weighted by Gasteiger charge is 2.43. The number of thiazole rings is 1. The van der Waals surface area contributed by atoms with Gasteiger partial charge in [-0.05, 0) is 31.0 Å². The van der Waals surface area contributed by atoms with Crippen LogP contribution in [0.2, 0.25) is 0 Å². The minimum Gasteiger partial charge on any atom is -0.276 e. The van der Waals surface area contributed by atoms with Crippen molar-refractivity contribution in [1.82, 2.24) is 14.8 Å². The van der Waals surface area contributed by atoms with Crippen LogP contribution < -0.4 is 0 Å². The molecule has 0 aliphatic carbocycles. The van der Waals surface area contributed by atoms with Crippen LogP contribution in [-0.4, -0.2) is 44.7 Å². The second-order valence-electron chi connectivity index (χ2n) is 7.13. The van der Waals surface area contributed by atoms with Gasteiger partial charge in [0.1, 0.15) is 10.6 Å². The molecule has 2 amide bonds. The molecule has 9 heteroatoms. The Labute approximate surface area is 169 Å². The van der Waals surface area contributed by atoms with Gasteiger partial charge in [0.2, 0.25) is 0 Å². The second-order valence-corrected chi connectivity index (χ2v) is 8.19. The summed E-state index contributed by atoms with van der Waals surface area (Å²) in [6, 6.07) is 12.1. The second kappa shape index (κ2) is 6.71. The molecule has 146 valence electrons. The van der Waals surface area contributed by atoms with Crippen molar-refractivity contribution in [2.45, 2.75) is 18.9 Å².